The molecule has 172 valence electrons. The van der Waals surface area contributed by atoms with Gasteiger partial charge in [0.2, 0.25) is 5.88 Å². The highest BCUT2D eigenvalue weighted by atomic mass is 19.1. The molecule has 2 aromatic carbocycles. The fraction of sp³-hybridized carbons (Fsp3) is 0.292. The van der Waals surface area contributed by atoms with Gasteiger partial charge in [0.25, 0.3) is 0 Å². The van der Waals surface area contributed by atoms with Gasteiger partial charge in [0.05, 0.1) is 24.6 Å². The van der Waals surface area contributed by atoms with Crippen LogP contribution in [0.3, 0.4) is 0 Å². The largest absolute Gasteiger partial charge is 0.493 e. The number of fused-ring (bicyclic) bond motifs is 2. The minimum atomic E-state index is -0.798. The zero-order valence-electron chi connectivity index (χ0n) is 18.4. The number of benzene rings is 2. The van der Waals surface area contributed by atoms with Crippen molar-refractivity contribution in [2.24, 2.45) is 0 Å². The van der Waals surface area contributed by atoms with E-state index >= 15 is 0 Å². The molecule has 0 amide bonds. The van der Waals surface area contributed by atoms with E-state index in [2.05, 4.69) is 15.0 Å². The van der Waals surface area contributed by atoms with Crippen LogP contribution >= 0.6 is 0 Å². The van der Waals surface area contributed by atoms with Crippen molar-refractivity contribution in [1.82, 2.24) is 15.0 Å². The molecule has 8 nitrogen and oxygen atoms in total. The summed E-state index contributed by atoms with van der Waals surface area (Å²) in [5.74, 6) is -0.0504. The maximum absolute atomic E-state index is 15.0. The van der Waals surface area contributed by atoms with Crippen LogP contribution in [0.5, 0.6) is 23.1 Å². The third-order valence-corrected chi connectivity index (χ3v) is 5.22. The summed E-state index contributed by atoms with van der Waals surface area (Å²) in [7, 11) is 1.52. The van der Waals surface area contributed by atoms with Crippen LogP contribution < -0.4 is 14.2 Å². The smallest absolute Gasteiger partial charge is 0.303 e. The highest BCUT2D eigenvalue weighted by Crippen LogP contribution is 2.37. The Morgan fingerprint density at radius 1 is 1.06 bits per heavy atom. The second-order valence-corrected chi connectivity index (χ2v) is 7.65. The Morgan fingerprint density at radius 3 is 2.70 bits per heavy atom. The van der Waals surface area contributed by atoms with Crippen molar-refractivity contribution in [1.29, 1.82) is 0 Å². The van der Waals surface area contributed by atoms with E-state index in [0.717, 1.165) is 12.1 Å². The van der Waals surface area contributed by atoms with Crippen LogP contribution in [0, 0.1) is 12.7 Å². The molecule has 0 aliphatic rings. The summed E-state index contributed by atoms with van der Waals surface area (Å²) in [6.07, 6.45) is 3.56. The minimum absolute atomic E-state index is 0.0576. The zero-order chi connectivity index (χ0) is 23.4. The van der Waals surface area contributed by atoms with E-state index in [4.69, 9.17) is 19.3 Å². The van der Waals surface area contributed by atoms with Crippen LogP contribution in [0.4, 0.5) is 4.39 Å². The number of aromatic amines is 1. The quantitative estimate of drug-likeness (QED) is 0.310. The van der Waals surface area contributed by atoms with Crippen LogP contribution in [0.25, 0.3) is 21.8 Å². The first-order chi connectivity index (χ1) is 16.0. The van der Waals surface area contributed by atoms with E-state index in [1.807, 2.05) is 6.92 Å². The Kier molecular flexibility index (Phi) is 6.58. The number of rotatable bonds is 10. The lowest BCUT2D eigenvalue weighted by atomic mass is 10.2. The van der Waals surface area contributed by atoms with Gasteiger partial charge in [-0.1, -0.05) is 0 Å². The molecule has 9 heteroatoms. The number of aryl methyl sites for hydroxylation is 1. The predicted molar refractivity (Wildman–Crippen MR) is 121 cm³/mol. The summed E-state index contributed by atoms with van der Waals surface area (Å²) < 4.78 is 32.1. The predicted octanol–water partition coefficient (Wildman–Crippen LogP) is 5.38. The molecule has 0 radical (unpaired) electrons. The summed E-state index contributed by atoms with van der Waals surface area (Å²) in [6.45, 7) is 2.27. The molecule has 0 saturated carbocycles. The minimum Gasteiger partial charge on any atom is -0.493 e. The average molecular weight is 453 g/mol. The number of carboxylic acids is 1. The lowest BCUT2D eigenvalue weighted by Gasteiger charge is -2.13. The van der Waals surface area contributed by atoms with Crippen LogP contribution in [-0.2, 0) is 4.79 Å². The molecule has 2 heterocycles. The van der Waals surface area contributed by atoms with Crippen molar-refractivity contribution >= 4 is 27.8 Å². The van der Waals surface area contributed by atoms with Gasteiger partial charge in [-0.2, -0.15) is 0 Å². The number of nitrogens with zero attached hydrogens (tertiary/aromatic N) is 2. The third-order valence-electron chi connectivity index (χ3n) is 5.22. The van der Waals surface area contributed by atoms with Gasteiger partial charge in [0.15, 0.2) is 23.1 Å². The van der Waals surface area contributed by atoms with Gasteiger partial charge in [-0.05, 0) is 50.5 Å². The van der Waals surface area contributed by atoms with Crippen molar-refractivity contribution in [2.75, 3.05) is 13.7 Å². The topological polar surface area (TPSA) is 107 Å². The summed E-state index contributed by atoms with van der Waals surface area (Å²) >= 11 is 0. The Morgan fingerprint density at radius 2 is 1.91 bits per heavy atom. The fourth-order valence-corrected chi connectivity index (χ4v) is 3.60. The first kappa shape index (κ1) is 22.3. The van der Waals surface area contributed by atoms with Crippen LogP contribution in [0.15, 0.2) is 36.7 Å². The van der Waals surface area contributed by atoms with E-state index in [1.54, 1.807) is 30.3 Å². The molecule has 0 atom stereocenters. The normalized spacial score (nSPS) is 11.1. The Hall–Kier alpha value is -3.88. The fourth-order valence-electron chi connectivity index (χ4n) is 3.60. The number of unbranched alkanes of at least 4 members (excludes halogenated alkanes) is 2. The molecule has 0 spiro atoms. The molecule has 0 fully saturated rings. The second kappa shape index (κ2) is 9.72. The number of carbonyl (C=O) groups is 1. The molecular formula is C24H24FN3O5. The third kappa shape index (κ3) is 4.97. The van der Waals surface area contributed by atoms with Crippen LogP contribution in [-0.4, -0.2) is 39.7 Å². The highest BCUT2D eigenvalue weighted by molar-refractivity contribution is 5.87. The maximum atomic E-state index is 15.0. The molecule has 2 N–H and O–H groups in total. The number of aromatic nitrogens is 3. The van der Waals surface area contributed by atoms with Crippen molar-refractivity contribution < 1.29 is 28.5 Å². The molecule has 0 aliphatic carbocycles. The average Bonchev–Trinajstić information content (AvgIpc) is 3.18. The number of methoxy groups -OCH3 is 1. The molecule has 0 aliphatic heterocycles. The molecule has 0 unspecified atom stereocenters. The first-order valence-corrected chi connectivity index (χ1v) is 10.6. The van der Waals surface area contributed by atoms with Crippen molar-refractivity contribution in [3.8, 4) is 23.1 Å². The number of hydrogen-bond donors (Lipinski definition) is 2. The van der Waals surface area contributed by atoms with Crippen molar-refractivity contribution in [3.05, 3.63) is 48.2 Å². The summed E-state index contributed by atoms with van der Waals surface area (Å²) in [6, 6.07) is 8.45. The molecule has 4 aromatic rings. The summed E-state index contributed by atoms with van der Waals surface area (Å²) in [5, 5.41) is 9.70. The van der Waals surface area contributed by atoms with E-state index in [0.29, 0.717) is 52.8 Å². The number of aliphatic carboxylic acids is 1. The second-order valence-electron chi connectivity index (χ2n) is 7.65. The number of carboxylic acid groups (broad SMARTS) is 1. The maximum Gasteiger partial charge on any atom is 0.303 e. The SMILES string of the molecule is COc1cc2c(Oc3ccc4[nH]c(C)cc4c3F)ncnc2cc1OCCCCCC(=O)O. The van der Waals surface area contributed by atoms with E-state index in [9.17, 15) is 9.18 Å². The summed E-state index contributed by atoms with van der Waals surface area (Å²) in [4.78, 5) is 22.2. The van der Waals surface area contributed by atoms with Crippen LogP contribution in [0.2, 0.25) is 0 Å². The van der Waals surface area contributed by atoms with Gasteiger partial charge in [0.1, 0.15) is 6.33 Å². The lowest BCUT2D eigenvalue weighted by molar-refractivity contribution is -0.137. The number of hydrogen-bond acceptors (Lipinski definition) is 6. The van der Waals surface area contributed by atoms with Gasteiger partial charge in [0, 0.05) is 29.1 Å². The zero-order valence-corrected chi connectivity index (χ0v) is 18.4. The molecule has 4 rings (SSSR count). The Labute approximate surface area is 189 Å². The van der Waals surface area contributed by atoms with E-state index < -0.39 is 11.8 Å². The van der Waals surface area contributed by atoms with Gasteiger partial charge in [-0.25, -0.2) is 14.4 Å². The molecule has 2 aromatic heterocycles. The van der Waals surface area contributed by atoms with E-state index in [1.165, 1.54) is 13.4 Å². The lowest BCUT2D eigenvalue weighted by Crippen LogP contribution is -2.01. The highest BCUT2D eigenvalue weighted by Gasteiger charge is 2.16. The van der Waals surface area contributed by atoms with Crippen molar-refractivity contribution in [2.45, 2.75) is 32.6 Å². The Bertz CT molecular complexity index is 1300. The van der Waals surface area contributed by atoms with E-state index in [-0.39, 0.29) is 18.1 Å². The van der Waals surface area contributed by atoms with Gasteiger partial charge < -0.3 is 24.3 Å². The molecule has 33 heavy (non-hydrogen) atoms. The molecular weight excluding hydrogens is 429 g/mol. The van der Waals surface area contributed by atoms with Gasteiger partial charge >= 0.3 is 5.97 Å². The molecule has 0 saturated heterocycles. The Balaban J connectivity index is 1.55. The number of halogens is 1. The van der Waals surface area contributed by atoms with Gasteiger partial charge in [-0.3, -0.25) is 4.79 Å². The van der Waals surface area contributed by atoms with Crippen LogP contribution in [0.1, 0.15) is 31.4 Å². The standard InChI is InChI=1S/C24H24FN3O5/c1-14-10-15-17(28-14)7-8-19(23(15)25)33-24-16-11-20(31-2)21(12-18(16)26-13-27-24)32-9-5-3-4-6-22(29)30/h7-8,10-13,28H,3-6,9H2,1-2H3,(H,29,30). The summed E-state index contributed by atoms with van der Waals surface area (Å²) in [5.41, 5.74) is 2.10. The molecule has 0 bridgehead atoms. The number of H-pyrrole nitrogens is 1. The number of ether oxygens (including phenoxy) is 3. The first-order valence-electron chi connectivity index (χ1n) is 10.6. The number of nitrogens with one attached hydrogen (secondary N) is 1. The monoisotopic (exact) mass is 453 g/mol. The van der Waals surface area contributed by atoms with Gasteiger partial charge in [-0.15, -0.1) is 0 Å². The van der Waals surface area contributed by atoms with Crippen molar-refractivity contribution in [3.63, 3.8) is 0 Å².